The molecular formula is C12H17N5. The van der Waals surface area contributed by atoms with Crippen molar-refractivity contribution in [1.29, 1.82) is 0 Å². The largest absolute Gasteiger partial charge is 0.311 e. The van der Waals surface area contributed by atoms with Crippen LogP contribution in [0.4, 0.5) is 0 Å². The summed E-state index contributed by atoms with van der Waals surface area (Å²) in [6, 6.07) is 0. The number of nitrogens with zero attached hydrogens (tertiary/aromatic N) is 4. The van der Waals surface area contributed by atoms with Crippen LogP contribution in [-0.4, -0.2) is 26.1 Å². The molecule has 2 heterocycles. The third kappa shape index (κ3) is 2.68. The topological polar surface area (TPSA) is 55.6 Å². The molecular weight excluding hydrogens is 214 g/mol. The molecule has 0 saturated heterocycles. The summed E-state index contributed by atoms with van der Waals surface area (Å²) in [6.45, 7) is 5.82. The van der Waals surface area contributed by atoms with E-state index in [0.717, 1.165) is 36.8 Å². The summed E-state index contributed by atoms with van der Waals surface area (Å²) in [5.41, 5.74) is 0.945. The number of hydrogen-bond acceptors (Lipinski definition) is 4. The van der Waals surface area contributed by atoms with E-state index in [0.29, 0.717) is 0 Å². The number of hydrogen-bond donors (Lipinski definition) is 1. The van der Waals surface area contributed by atoms with Gasteiger partial charge in [0.1, 0.15) is 5.82 Å². The lowest BCUT2D eigenvalue weighted by Gasteiger charge is -2.07. The summed E-state index contributed by atoms with van der Waals surface area (Å²) in [7, 11) is 0. The van der Waals surface area contributed by atoms with Crippen molar-refractivity contribution >= 4 is 0 Å². The summed E-state index contributed by atoms with van der Waals surface area (Å²) in [4.78, 5) is 13.1. The molecule has 0 saturated carbocycles. The number of aryl methyl sites for hydroxylation is 1. The zero-order valence-corrected chi connectivity index (χ0v) is 10.2. The highest BCUT2D eigenvalue weighted by atomic mass is 15.1. The van der Waals surface area contributed by atoms with Gasteiger partial charge in [-0.15, -0.1) is 0 Å². The van der Waals surface area contributed by atoms with Gasteiger partial charge in [-0.1, -0.05) is 13.8 Å². The highest BCUT2D eigenvalue weighted by Crippen LogP contribution is 2.07. The second-order valence-electron chi connectivity index (χ2n) is 3.72. The zero-order valence-electron chi connectivity index (χ0n) is 10.2. The molecule has 17 heavy (non-hydrogen) atoms. The second-order valence-corrected chi connectivity index (χ2v) is 3.72. The average molecular weight is 231 g/mol. The van der Waals surface area contributed by atoms with Crippen LogP contribution in [0, 0.1) is 0 Å². The van der Waals surface area contributed by atoms with Gasteiger partial charge < -0.3 is 5.32 Å². The van der Waals surface area contributed by atoms with E-state index in [4.69, 9.17) is 0 Å². The molecule has 0 aromatic carbocycles. The first-order valence-electron chi connectivity index (χ1n) is 5.89. The van der Waals surface area contributed by atoms with Gasteiger partial charge in [-0.2, -0.15) is 0 Å². The molecule has 5 nitrogen and oxygen atoms in total. The third-order valence-electron chi connectivity index (χ3n) is 2.51. The van der Waals surface area contributed by atoms with Gasteiger partial charge in [0.15, 0.2) is 5.82 Å². The molecule has 0 aliphatic carbocycles. The average Bonchev–Trinajstić information content (AvgIpc) is 2.85. The molecule has 0 fully saturated rings. The van der Waals surface area contributed by atoms with Crippen molar-refractivity contribution in [3.05, 3.63) is 36.3 Å². The number of imidazole rings is 1. The first-order chi connectivity index (χ1) is 8.35. The number of aromatic nitrogens is 4. The van der Waals surface area contributed by atoms with E-state index < -0.39 is 0 Å². The maximum atomic E-state index is 4.56. The van der Waals surface area contributed by atoms with Gasteiger partial charge in [0.2, 0.25) is 0 Å². The summed E-state index contributed by atoms with van der Waals surface area (Å²) < 4.78 is 1.97. The SMILES string of the molecule is CCNCc1cncc(-n2ccnc2CC)n1. The molecule has 0 aliphatic heterocycles. The van der Waals surface area contributed by atoms with Crippen LogP contribution < -0.4 is 5.32 Å². The Labute approximate surface area is 101 Å². The highest BCUT2D eigenvalue weighted by molar-refractivity contribution is 5.22. The molecule has 2 aromatic rings. The summed E-state index contributed by atoms with van der Waals surface area (Å²) in [5.74, 6) is 1.83. The standard InChI is InChI=1S/C12H17N5/c1-3-11-15-5-6-17(11)12-9-14-8-10(16-12)7-13-4-2/h5-6,8-9,13H,3-4,7H2,1-2H3. The number of rotatable bonds is 5. The van der Waals surface area contributed by atoms with Crippen LogP contribution >= 0.6 is 0 Å². The van der Waals surface area contributed by atoms with Gasteiger partial charge in [-0.05, 0) is 6.54 Å². The van der Waals surface area contributed by atoms with Crippen molar-refractivity contribution in [2.45, 2.75) is 26.8 Å². The maximum absolute atomic E-state index is 4.56. The smallest absolute Gasteiger partial charge is 0.156 e. The Morgan fingerprint density at radius 1 is 1.29 bits per heavy atom. The molecule has 90 valence electrons. The van der Waals surface area contributed by atoms with Crippen molar-refractivity contribution in [1.82, 2.24) is 24.8 Å². The molecule has 1 N–H and O–H groups in total. The Balaban J connectivity index is 2.26. The van der Waals surface area contributed by atoms with Gasteiger partial charge >= 0.3 is 0 Å². The summed E-state index contributed by atoms with van der Waals surface area (Å²) >= 11 is 0. The van der Waals surface area contributed by atoms with Crippen molar-refractivity contribution < 1.29 is 0 Å². The Hall–Kier alpha value is -1.75. The molecule has 5 heteroatoms. The van der Waals surface area contributed by atoms with Crippen LogP contribution in [0.15, 0.2) is 24.8 Å². The third-order valence-corrected chi connectivity index (χ3v) is 2.51. The van der Waals surface area contributed by atoms with Crippen molar-refractivity contribution in [3.63, 3.8) is 0 Å². The first-order valence-corrected chi connectivity index (χ1v) is 5.89. The van der Waals surface area contributed by atoms with Gasteiger partial charge in [-0.25, -0.2) is 9.97 Å². The van der Waals surface area contributed by atoms with E-state index in [-0.39, 0.29) is 0 Å². The fourth-order valence-electron chi connectivity index (χ4n) is 1.65. The van der Waals surface area contributed by atoms with Crippen molar-refractivity contribution in [2.24, 2.45) is 0 Å². The first kappa shape index (κ1) is 11.7. The molecule has 2 aromatic heterocycles. The van der Waals surface area contributed by atoms with Crippen molar-refractivity contribution in [3.8, 4) is 5.82 Å². The minimum atomic E-state index is 0.744. The fourth-order valence-corrected chi connectivity index (χ4v) is 1.65. The minimum absolute atomic E-state index is 0.744. The predicted octanol–water partition coefficient (Wildman–Crippen LogP) is 1.33. The molecule has 2 rings (SSSR count). The van der Waals surface area contributed by atoms with Crippen LogP contribution in [0.2, 0.25) is 0 Å². The molecule has 0 atom stereocenters. The van der Waals surface area contributed by atoms with E-state index in [1.54, 1.807) is 18.6 Å². The Kier molecular flexibility index (Phi) is 3.82. The Morgan fingerprint density at radius 3 is 2.94 bits per heavy atom. The van der Waals surface area contributed by atoms with Crippen LogP contribution in [0.5, 0.6) is 0 Å². The minimum Gasteiger partial charge on any atom is -0.311 e. The second kappa shape index (κ2) is 5.54. The van der Waals surface area contributed by atoms with Gasteiger partial charge in [0.05, 0.1) is 11.9 Å². The fraction of sp³-hybridized carbons (Fsp3) is 0.417. The van der Waals surface area contributed by atoms with E-state index in [1.165, 1.54) is 0 Å². The van der Waals surface area contributed by atoms with Crippen LogP contribution in [0.3, 0.4) is 0 Å². The lowest BCUT2D eigenvalue weighted by molar-refractivity contribution is 0.702. The quantitative estimate of drug-likeness (QED) is 0.843. The predicted molar refractivity (Wildman–Crippen MR) is 65.9 cm³/mol. The van der Waals surface area contributed by atoms with Gasteiger partial charge in [-0.3, -0.25) is 9.55 Å². The van der Waals surface area contributed by atoms with Crippen LogP contribution in [0.1, 0.15) is 25.4 Å². The van der Waals surface area contributed by atoms with E-state index in [2.05, 4.69) is 34.1 Å². The van der Waals surface area contributed by atoms with Crippen LogP contribution in [-0.2, 0) is 13.0 Å². The normalized spacial score (nSPS) is 10.7. The lowest BCUT2D eigenvalue weighted by Crippen LogP contribution is -2.14. The van der Waals surface area contributed by atoms with Gasteiger partial charge in [0.25, 0.3) is 0 Å². The van der Waals surface area contributed by atoms with Gasteiger partial charge in [0, 0.05) is 31.6 Å². The maximum Gasteiger partial charge on any atom is 0.156 e. The number of nitrogens with one attached hydrogen (secondary N) is 1. The monoisotopic (exact) mass is 231 g/mol. The molecule has 0 radical (unpaired) electrons. The van der Waals surface area contributed by atoms with E-state index in [9.17, 15) is 0 Å². The van der Waals surface area contributed by atoms with E-state index in [1.807, 2.05) is 10.8 Å². The Morgan fingerprint density at radius 2 is 2.18 bits per heavy atom. The molecule has 0 spiro atoms. The lowest BCUT2D eigenvalue weighted by atomic mass is 10.4. The molecule has 0 amide bonds. The zero-order chi connectivity index (χ0) is 12.1. The Bertz CT molecular complexity index is 477. The van der Waals surface area contributed by atoms with E-state index >= 15 is 0 Å². The van der Waals surface area contributed by atoms with Crippen molar-refractivity contribution in [2.75, 3.05) is 6.54 Å². The molecule has 0 aliphatic rings. The molecule has 0 unspecified atom stereocenters. The highest BCUT2D eigenvalue weighted by Gasteiger charge is 2.05. The summed E-state index contributed by atoms with van der Waals surface area (Å²) in [6.07, 6.45) is 8.13. The molecule has 0 bridgehead atoms. The summed E-state index contributed by atoms with van der Waals surface area (Å²) in [5, 5.41) is 3.24. The van der Waals surface area contributed by atoms with Crippen LogP contribution in [0.25, 0.3) is 5.82 Å².